The summed E-state index contributed by atoms with van der Waals surface area (Å²) in [5.74, 6) is -0.124. The average molecular weight is 381 g/mol. The normalized spacial score (nSPS) is 10.8. The molecule has 7 heteroatoms. The maximum atomic E-state index is 14.2. The van der Waals surface area contributed by atoms with E-state index in [0.29, 0.717) is 38.3 Å². The number of benzene rings is 2. The summed E-state index contributed by atoms with van der Waals surface area (Å²) in [6, 6.07) is 16.2. The molecule has 1 aromatic heterocycles. The molecule has 0 fully saturated rings. The molecule has 1 heterocycles. The lowest BCUT2D eigenvalue weighted by atomic mass is 10.1. The Balaban J connectivity index is 1.84. The quantitative estimate of drug-likeness (QED) is 0.651. The van der Waals surface area contributed by atoms with Crippen LogP contribution in [0.4, 0.5) is 4.39 Å². The lowest BCUT2D eigenvalue weighted by Gasteiger charge is -2.20. The molecule has 146 valence electrons. The van der Waals surface area contributed by atoms with Gasteiger partial charge in [0.2, 0.25) is 5.82 Å². The summed E-state index contributed by atoms with van der Waals surface area (Å²) in [4.78, 5) is 19.0. The standard InChI is InChI=1S/C21H24FN5O/c1-2-19-24-20(25-27(19)18-11-7-6-10-17(18)22)21(28)26(15-13-23)14-12-16-8-4-3-5-9-16/h3-11H,2,12-15,23H2,1H3. The zero-order valence-electron chi connectivity index (χ0n) is 15.9. The first-order valence-electron chi connectivity index (χ1n) is 9.38. The second-order valence-corrected chi connectivity index (χ2v) is 6.38. The van der Waals surface area contributed by atoms with Crippen molar-refractivity contribution in [1.82, 2.24) is 19.7 Å². The van der Waals surface area contributed by atoms with Gasteiger partial charge in [-0.05, 0) is 24.1 Å². The van der Waals surface area contributed by atoms with Gasteiger partial charge < -0.3 is 10.6 Å². The van der Waals surface area contributed by atoms with Gasteiger partial charge in [-0.1, -0.05) is 49.4 Å². The molecule has 1 amide bonds. The smallest absolute Gasteiger partial charge is 0.293 e. The molecule has 0 unspecified atom stereocenters. The Morgan fingerprint density at radius 2 is 1.82 bits per heavy atom. The van der Waals surface area contributed by atoms with E-state index in [2.05, 4.69) is 10.1 Å². The number of para-hydroxylation sites is 1. The maximum Gasteiger partial charge on any atom is 0.293 e. The van der Waals surface area contributed by atoms with Crippen molar-refractivity contribution in [2.75, 3.05) is 19.6 Å². The molecule has 3 rings (SSSR count). The summed E-state index contributed by atoms with van der Waals surface area (Å²) in [7, 11) is 0. The van der Waals surface area contributed by atoms with E-state index >= 15 is 0 Å². The van der Waals surface area contributed by atoms with Crippen molar-refractivity contribution in [3.8, 4) is 5.69 Å². The van der Waals surface area contributed by atoms with Gasteiger partial charge >= 0.3 is 0 Å². The van der Waals surface area contributed by atoms with Crippen molar-refractivity contribution >= 4 is 5.91 Å². The molecule has 0 saturated carbocycles. The maximum absolute atomic E-state index is 14.2. The van der Waals surface area contributed by atoms with Gasteiger partial charge in [-0.25, -0.2) is 14.1 Å². The summed E-state index contributed by atoms with van der Waals surface area (Å²) in [5.41, 5.74) is 7.11. The van der Waals surface area contributed by atoms with E-state index in [1.165, 1.54) is 10.7 Å². The Morgan fingerprint density at radius 1 is 1.11 bits per heavy atom. The van der Waals surface area contributed by atoms with Crippen molar-refractivity contribution in [3.05, 3.63) is 77.6 Å². The van der Waals surface area contributed by atoms with Gasteiger partial charge in [-0.2, -0.15) is 0 Å². The third-order valence-corrected chi connectivity index (χ3v) is 4.46. The first-order chi connectivity index (χ1) is 13.6. The van der Waals surface area contributed by atoms with Crippen molar-refractivity contribution < 1.29 is 9.18 Å². The highest BCUT2D eigenvalue weighted by Crippen LogP contribution is 2.15. The Hall–Kier alpha value is -3.06. The van der Waals surface area contributed by atoms with Crippen molar-refractivity contribution in [1.29, 1.82) is 0 Å². The van der Waals surface area contributed by atoms with Crippen LogP contribution in [-0.2, 0) is 12.8 Å². The van der Waals surface area contributed by atoms with E-state index in [0.717, 1.165) is 5.56 Å². The largest absolute Gasteiger partial charge is 0.334 e. The van der Waals surface area contributed by atoms with Crippen molar-refractivity contribution in [2.45, 2.75) is 19.8 Å². The Morgan fingerprint density at radius 3 is 2.50 bits per heavy atom. The lowest BCUT2D eigenvalue weighted by molar-refractivity contribution is 0.0750. The van der Waals surface area contributed by atoms with Gasteiger partial charge in [0.05, 0.1) is 0 Å². The molecule has 0 spiro atoms. The molecule has 0 aliphatic heterocycles. The molecular formula is C21H24FN5O. The minimum Gasteiger partial charge on any atom is -0.334 e. The highest BCUT2D eigenvalue weighted by molar-refractivity contribution is 5.90. The Labute approximate surface area is 163 Å². The summed E-state index contributed by atoms with van der Waals surface area (Å²) in [6.07, 6.45) is 1.23. The van der Waals surface area contributed by atoms with E-state index in [1.807, 2.05) is 37.3 Å². The number of aromatic nitrogens is 3. The number of rotatable bonds is 8. The summed E-state index contributed by atoms with van der Waals surface area (Å²) >= 11 is 0. The predicted octanol–water partition coefficient (Wildman–Crippen LogP) is 2.61. The van der Waals surface area contributed by atoms with Crippen molar-refractivity contribution in [3.63, 3.8) is 0 Å². The highest BCUT2D eigenvalue weighted by Gasteiger charge is 2.22. The van der Waals surface area contributed by atoms with Gasteiger partial charge in [0, 0.05) is 26.1 Å². The molecule has 0 radical (unpaired) electrons. The van der Waals surface area contributed by atoms with E-state index in [1.54, 1.807) is 23.1 Å². The van der Waals surface area contributed by atoms with Crippen molar-refractivity contribution in [2.24, 2.45) is 5.73 Å². The van der Waals surface area contributed by atoms with Gasteiger partial charge in [0.1, 0.15) is 17.3 Å². The molecule has 2 aromatic carbocycles. The molecule has 0 saturated heterocycles. The van der Waals surface area contributed by atoms with Crippen LogP contribution in [0, 0.1) is 5.82 Å². The number of carbonyl (C=O) groups excluding carboxylic acids is 1. The Kier molecular flexibility index (Phi) is 6.49. The summed E-state index contributed by atoms with van der Waals surface area (Å²) < 4.78 is 15.6. The first-order valence-corrected chi connectivity index (χ1v) is 9.38. The topological polar surface area (TPSA) is 77.0 Å². The van der Waals surface area contributed by atoms with E-state index < -0.39 is 5.82 Å². The molecule has 0 aliphatic carbocycles. The van der Waals surface area contributed by atoms with E-state index in [-0.39, 0.29) is 17.4 Å². The zero-order valence-corrected chi connectivity index (χ0v) is 15.9. The number of hydrogen-bond acceptors (Lipinski definition) is 4. The number of aryl methyl sites for hydroxylation is 1. The number of halogens is 1. The van der Waals surface area contributed by atoms with Crippen LogP contribution in [-0.4, -0.2) is 45.2 Å². The van der Waals surface area contributed by atoms with Crippen LogP contribution >= 0.6 is 0 Å². The molecule has 3 aromatic rings. The minimum atomic E-state index is -0.413. The van der Waals surface area contributed by atoms with Gasteiger partial charge in [0.25, 0.3) is 5.91 Å². The third-order valence-electron chi connectivity index (χ3n) is 4.46. The number of amides is 1. The van der Waals surface area contributed by atoms with Gasteiger partial charge in [-0.15, -0.1) is 5.10 Å². The monoisotopic (exact) mass is 381 g/mol. The number of nitrogens with zero attached hydrogens (tertiary/aromatic N) is 4. The second-order valence-electron chi connectivity index (χ2n) is 6.38. The minimum absolute atomic E-state index is 0.0571. The van der Waals surface area contributed by atoms with E-state index in [4.69, 9.17) is 5.73 Å². The molecule has 28 heavy (non-hydrogen) atoms. The van der Waals surface area contributed by atoms with Crippen LogP contribution in [0.25, 0.3) is 5.69 Å². The number of carbonyl (C=O) groups is 1. The third kappa shape index (κ3) is 4.43. The Bertz CT molecular complexity index is 926. The van der Waals surface area contributed by atoms with Gasteiger partial charge in [-0.3, -0.25) is 4.79 Å². The second kappa shape index (κ2) is 9.23. The number of nitrogens with two attached hydrogens (primary N) is 1. The molecule has 6 nitrogen and oxygen atoms in total. The number of hydrogen-bond donors (Lipinski definition) is 1. The fraction of sp³-hybridized carbons (Fsp3) is 0.286. The van der Waals surface area contributed by atoms with Crippen LogP contribution in [0.2, 0.25) is 0 Å². The molecular weight excluding hydrogens is 357 g/mol. The van der Waals surface area contributed by atoms with Crippen LogP contribution in [0.5, 0.6) is 0 Å². The van der Waals surface area contributed by atoms with E-state index in [9.17, 15) is 9.18 Å². The molecule has 0 aliphatic rings. The average Bonchev–Trinajstić information content (AvgIpc) is 3.16. The molecule has 0 bridgehead atoms. The molecule has 2 N–H and O–H groups in total. The van der Waals surface area contributed by atoms with Crippen LogP contribution in [0.3, 0.4) is 0 Å². The van der Waals surface area contributed by atoms with Crippen LogP contribution in [0.15, 0.2) is 54.6 Å². The lowest BCUT2D eigenvalue weighted by Crippen LogP contribution is -2.37. The molecule has 0 atom stereocenters. The van der Waals surface area contributed by atoms with Gasteiger partial charge in [0.15, 0.2) is 0 Å². The fourth-order valence-electron chi connectivity index (χ4n) is 3.00. The summed E-state index contributed by atoms with van der Waals surface area (Å²) in [6.45, 7) is 3.15. The first kappa shape index (κ1) is 19.7. The highest BCUT2D eigenvalue weighted by atomic mass is 19.1. The summed E-state index contributed by atoms with van der Waals surface area (Å²) in [5, 5.41) is 4.30. The van der Waals surface area contributed by atoms with Crippen LogP contribution in [0.1, 0.15) is 28.9 Å². The predicted molar refractivity (Wildman–Crippen MR) is 106 cm³/mol. The fourth-order valence-corrected chi connectivity index (χ4v) is 3.00. The zero-order chi connectivity index (χ0) is 19.9. The van der Waals surface area contributed by atoms with Crippen LogP contribution < -0.4 is 5.73 Å². The SMILES string of the molecule is CCc1nc(C(=O)N(CCN)CCc2ccccc2)nn1-c1ccccc1F.